The minimum atomic E-state index is -0.301. The quantitative estimate of drug-likeness (QED) is 0.605. The summed E-state index contributed by atoms with van der Waals surface area (Å²) in [6.07, 6.45) is 0.277. The molecule has 2 amide bonds. The second kappa shape index (κ2) is 11.2. The predicted octanol–water partition coefficient (Wildman–Crippen LogP) is 3.16. The van der Waals surface area contributed by atoms with Gasteiger partial charge in [-0.05, 0) is 24.6 Å². The average molecular weight is 481 g/mol. The number of amides is 2. The molecule has 1 saturated heterocycles. The standard InChI is InChI=1S/C26H32N4O5/c1-4-35-26(32)29-14-12-28(13-15-29)18-25(31)30-23(19-8-6-5-7-9-19)17-22(27-30)21-11-10-20(33-2)16-24(21)34-3/h5-11,16,23H,4,12-15,17-18H2,1-3H3/t23-/m0/s1. The van der Waals surface area contributed by atoms with Crippen molar-refractivity contribution in [1.29, 1.82) is 0 Å². The largest absolute Gasteiger partial charge is 0.497 e. The third-order valence-electron chi connectivity index (χ3n) is 6.33. The van der Waals surface area contributed by atoms with Crippen molar-refractivity contribution in [3.8, 4) is 11.5 Å². The minimum Gasteiger partial charge on any atom is -0.497 e. The van der Waals surface area contributed by atoms with E-state index in [1.807, 2.05) is 48.5 Å². The van der Waals surface area contributed by atoms with E-state index in [2.05, 4.69) is 4.90 Å². The van der Waals surface area contributed by atoms with Gasteiger partial charge >= 0.3 is 6.09 Å². The first-order chi connectivity index (χ1) is 17.0. The van der Waals surface area contributed by atoms with Gasteiger partial charge in [0.25, 0.3) is 5.91 Å². The van der Waals surface area contributed by atoms with Crippen LogP contribution in [0.4, 0.5) is 4.79 Å². The maximum absolute atomic E-state index is 13.5. The van der Waals surface area contributed by atoms with E-state index in [4.69, 9.17) is 19.3 Å². The Morgan fingerprint density at radius 1 is 1.00 bits per heavy atom. The number of carbonyl (C=O) groups is 2. The van der Waals surface area contributed by atoms with E-state index < -0.39 is 0 Å². The lowest BCUT2D eigenvalue weighted by Gasteiger charge is -2.34. The Bertz CT molecular complexity index is 1070. The van der Waals surface area contributed by atoms with Crippen LogP contribution in [-0.2, 0) is 9.53 Å². The molecule has 0 bridgehead atoms. The summed E-state index contributed by atoms with van der Waals surface area (Å²) in [5.74, 6) is 1.27. The van der Waals surface area contributed by atoms with E-state index in [0.29, 0.717) is 50.7 Å². The lowest BCUT2D eigenvalue weighted by Crippen LogP contribution is -2.51. The third-order valence-corrected chi connectivity index (χ3v) is 6.33. The molecule has 0 saturated carbocycles. The molecule has 0 N–H and O–H groups in total. The number of carbonyl (C=O) groups excluding carboxylic acids is 2. The Balaban J connectivity index is 1.52. The number of methoxy groups -OCH3 is 2. The van der Waals surface area contributed by atoms with Crippen LogP contribution >= 0.6 is 0 Å². The van der Waals surface area contributed by atoms with Gasteiger partial charge in [-0.3, -0.25) is 9.69 Å². The molecule has 2 aromatic rings. The van der Waals surface area contributed by atoms with E-state index in [1.54, 1.807) is 31.1 Å². The van der Waals surface area contributed by atoms with E-state index in [1.165, 1.54) is 0 Å². The minimum absolute atomic E-state index is 0.0779. The van der Waals surface area contributed by atoms with Gasteiger partial charge in [-0.25, -0.2) is 9.80 Å². The van der Waals surface area contributed by atoms with Gasteiger partial charge in [0.05, 0.1) is 39.1 Å². The van der Waals surface area contributed by atoms with E-state index in [9.17, 15) is 9.59 Å². The molecule has 0 aromatic heterocycles. The Hall–Kier alpha value is -3.59. The van der Waals surface area contributed by atoms with Crippen LogP contribution in [0.3, 0.4) is 0 Å². The number of hydrazone groups is 1. The second-order valence-corrected chi connectivity index (χ2v) is 8.44. The summed E-state index contributed by atoms with van der Waals surface area (Å²) in [4.78, 5) is 29.2. The molecule has 2 heterocycles. The number of benzene rings is 2. The SMILES string of the molecule is CCOC(=O)N1CCN(CC(=O)N2N=C(c3ccc(OC)cc3OC)C[C@H]2c2ccccc2)CC1. The predicted molar refractivity (Wildman–Crippen MR) is 132 cm³/mol. The summed E-state index contributed by atoms with van der Waals surface area (Å²) in [7, 11) is 3.22. The summed E-state index contributed by atoms with van der Waals surface area (Å²) in [6.45, 7) is 4.66. The van der Waals surface area contributed by atoms with Gasteiger partial charge < -0.3 is 19.1 Å². The van der Waals surface area contributed by atoms with E-state index in [0.717, 1.165) is 16.8 Å². The average Bonchev–Trinajstić information content (AvgIpc) is 3.35. The van der Waals surface area contributed by atoms with Gasteiger partial charge in [-0.2, -0.15) is 5.10 Å². The van der Waals surface area contributed by atoms with Crippen LogP contribution in [0.5, 0.6) is 11.5 Å². The maximum Gasteiger partial charge on any atom is 0.409 e. The zero-order valence-corrected chi connectivity index (χ0v) is 20.5. The molecule has 1 atom stereocenters. The van der Waals surface area contributed by atoms with Crippen molar-refractivity contribution in [2.75, 3.05) is 53.6 Å². The van der Waals surface area contributed by atoms with Crippen molar-refractivity contribution in [3.63, 3.8) is 0 Å². The second-order valence-electron chi connectivity index (χ2n) is 8.44. The zero-order valence-electron chi connectivity index (χ0n) is 20.5. The molecule has 9 heteroatoms. The van der Waals surface area contributed by atoms with Crippen LogP contribution in [0.2, 0.25) is 0 Å². The summed E-state index contributed by atoms with van der Waals surface area (Å²) >= 11 is 0. The first-order valence-corrected chi connectivity index (χ1v) is 11.8. The Morgan fingerprint density at radius 3 is 2.40 bits per heavy atom. The summed E-state index contributed by atoms with van der Waals surface area (Å²) in [5.41, 5.74) is 2.66. The molecule has 2 aliphatic rings. The number of hydrogen-bond donors (Lipinski definition) is 0. The first kappa shape index (κ1) is 24.5. The van der Waals surface area contributed by atoms with Crippen LogP contribution in [0.25, 0.3) is 0 Å². The molecule has 4 rings (SSSR count). The van der Waals surface area contributed by atoms with Crippen molar-refractivity contribution >= 4 is 17.7 Å². The molecule has 2 aliphatic heterocycles. The lowest BCUT2D eigenvalue weighted by molar-refractivity contribution is -0.134. The molecule has 186 valence electrons. The molecule has 0 unspecified atom stereocenters. The maximum atomic E-state index is 13.5. The molecular weight excluding hydrogens is 448 g/mol. The normalized spacial score (nSPS) is 18.3. The van der Waals surface area contributed by atoms with Gasteiger partial charge in [0.2, 0.25) is 0 Å². The zero-order chi connectivity index (χ0) is 24.8. The fourth-order valence-corrected chi connectivity index (χ4v) is 4.44. The van der Waals surface area contributed by atoms with Crippen molar-refractivity contribution in [1.82, 2.24) is 14.8 Å². The lowest BCUT2D eigenvalue weighted by atomic mass is 9.98. The number of piperazine rings is 1. The van der Waals surface area contributed by atoms with Crippen molar-refractivity contribution < 1.29 is 23.8 Å². The van der Waals surface area contributed by atoms with E-state index in [-0.39, 0.29) is 24.6 Å². The van der Waals surface area contributed by atoms with Crippen LogP contribution in [0.1, 0.15) is 30.5 Å². The van der Waals surface area contributed by atoms with Crippen molar-refractivity contribution in [3.05, 3.63) is 59.7 Å². The monoisotopic (exact) mass is 480 g/mol. The summed E-state index contributed by atoms with van der Waals surface area (Å²) in [5, 5.41) is 6.38. The number of rotatable bonds is 7. The highest BCUT2D eigenvalue weighted by Gasteiger charge is 2.35. The van der Waals surface area contributed by atoms with Crippen molar-refractivity contribution in [2.45, 2.75) is 19.4 Å². The highest BCUT2D eigenvalue weighted by atomic mass is 16.6. The van der Waals surface area contributed by atoms with Gasteiger partial charge in [0.1, 0.15) is 11.5 Å². The molecule has 0 radical (unpaired) electrons. The highest BCUT2D eigenvalue weighted by Crippen LogP contribution is 2.36. The molecule has 2 aromatic carbocycles. The summed E-state index contributed by atoms with van der Waals surface area (Å²) in [6, 6.07) is 15.3. The molecular formula is C26H32N4O5. The van der Waals surface area contributed by atoms with Crippen LogP contribution < -0.4 is 9.47 Å². The van der Waals surface area contributed by atoms with Gasteiger partial charge in [-0.1, -0.05) is 30.3 Å². The Morgan fingerprint density at radius 2 is 1.74 bits per heavy atom. The third kappa shape index (κ3) is 5.57. The highest BCUT2D eigenvalue weighted by molar-refractivity contribution is 6.05. The van der Waals surface area contributed by atoms with Gasteiger partial charge in [0, 0.05) is 44.2 Å². The summed E-state index contributed by atoms with van der Waals surface area (Å²) < 4.78 is 16.0. The van der Waals surface area contributed by atoms with Crippen LogP contribution in [-0.4, -0.2) is 86.1 Å². The van der Waals surface area contributed by atoms with Gasteiger partial charge in [-0.15, -0.1) is 0 Å². The molecule has 0 aliphatic carbocycles. The topological polar surface area (TPSA) is 83.9 Å². The molecule has 35 heavy (non-hydrogen) atoms. The van der Waals surface area contributed by atoms with E-state index >= 15 is 0 Å². The van der Waals surface area contributed by atoms with Crippen LogP contribution in [0, 0.1) is 0 Å². The smallest absolute Gasteiger partial charge is 0.409 e. The number of hydrogen-bond acceptors (Lipinski definition) is 7. The number of nitrogens with zero attached hydrogens (tertiary/aromatic N) is 4. The molecule has 1 fully saturated rings. The number of ether oxygens (including phenoxy) is 3. The van der Waals surface area contributed by atoms with Gasteiger partial charge in [0.15, 0.2) is 0 Å². The van der Waals surface area contributed by atoms with Crippen molar-refractivity contribution in [2.24, 2.45) is 5.10 Å². The van der Waals surface area contributed by atoms with Crippen LogP contribution in [0.15, 0.2) is 53.6 Å². The molecule has 9 nitrogen and oxygen atoms in total. The fraction of sp³-hybridized carbons (Fsp3) is 0.423. The Labute approximate surface area is 205 Å². The first-order valence-electron chi connectivity index (χ1n) is 11.8. The Kier molecular flexibility index (Phi) is 7.87. The fourth-order valence-electron chi connectivity index (χ4n) is 4.44. The molecule has 0 spiro atoms.